The number of aryl methyl sites for hydroxylation is 2. The molecule has 5 aromatic rings. The van der Waals surface area contributed by atoms with E-state index in [0.29, 0.717) is 60.2 Å². The summed E-state index contributed by atoms with van der Waals surface area (Å²) >= 11 is 6.76. The van der Waals surface area contributed by atoms with Crippen LogP contribution in [-0.2, 0) is 24.6 Å². The van der Waals surface area contributed by atoms with E-state index in [1.165, 1.54) is 16.7 Å². The van der Waals surface area contributed by atoms with Gasteiger partial charge in [0.1, 0.15) is 24.7 Å². The van der Waals surface area contributed by atoms with Gasteiger partial charge in [-0.25, -0.2) is 4.98 Å². The quantitative estimate of drug-likeness (QED) is 0.111. The molecule has 1 aromatic heterocycles. The van der Waals surface area contributed by atoms with Crippen molar-refractivity contribution in [3.8, 4) is 23.1 Å². The Morgan fingerprint density at radius 2 is 1.35 bits per heavy atom. The minimum absolute atomic E-state index is 0. The highest BCUT2D eigenvalue weighted by Gasteiger charge is 2.24. The van der Waals surface area contributed by atoms with Crippen molar-refractivity contribution in [3.63, 3.8) is 0 Å². The smallest absolute Gasteiger partial charge is 0.249 e. The van der Waals surface area contributed by atoms with Crippen LogP contribution in [0, 0.1) is 13.8 Å². The van der Waals surface area contributed by atoms with Crippen molar-refractivity contribution in [1.29, 1.82) is 0 Å². The van der Waals surface area contributed by atoms with Crippen LogP contribution in [0.15, 0.2) is 109 Å². The monoisotopic (exact) mass is 779 g/mol. The summed E-state index contributed by atoms with van der Waals surface area (Å²) in [7, 11) is 0. The van der Waals surface area contributed by atoms with Crippen molar-refractivity contribution >= 4 is 35.5 Å². The molecule has 0 bridgehead atoms. The Morgan fingerprint density at radius 3 is 1.93 bits per heavy atom. The van der Waals surface area contributed by atoms with Gasteiger partial charge in [-0.15, -0.1) is 12.4 Å². The zero-order chi connectivity index (χ0) is 38.2. The molecule has 0 spiro atoms. The van der Waals surface area contributed by atoms with Gasteiger partial charge in [0.15, 0.2) is 5.75 Å². The second-order valence-corrected chi connectivity index (χ2v) is 14.9. The standard InChI is InChI=1S/C46H50ClN3O4.ClH/c1-31(2)39-15-17-41(18-16-39)52-29-38-13-11-36(12-14-38)28-49-21-23-50(24-22-49)46(51)35(6)34(5)40-25-33(4)45(43(47)26-40)54-44-20-19-42(27-48-44)53-30-37-9-7-32(3)8-10-37;/h7-20,25-27,31H,21-24,28-30H2,1-6H3;1H/b35-34+;. The minimum Gasteiger partial charge on any atom is -0.489 e. The highest BCUT2D eigenvalue weighted by atomic mass is 35.5. The van der Waals surface area contributed by atoms with Crippen molar-refractivity contribution in [3.05, 3.63) is 153 Å². The fourth-order valence-electron chi connectivity index (χ4n) is 6.38. The van der Waals surface area contributed by atoms with Crippen molar-refractivity contribution < 1.29 is 19.0 Å². The topological polar surface area (TPSA) is 64.1 Å². The van der Waals surface area contributed by atoms with E-state index in [4.69, 9.17) is 25.8 Å². The molecular weight excluding hydrogens is 729 g/mol. The summed E-state index contributed by atoms with van der Waals surface area (Å²) in [6, 6.07) is 32.7. The third-order valence-corrected chi connectivity index (χ3v) is 10.3. The van der Waals surface area contributed by atoms with E-state index in [0.717, 1.165) is 53.2 Å². The highest BCUT2D eigenvalue weighted by Crippen LogP contribution is 2.36. The van der Waals surface area contributed by atoms with Crippen LogP contribution in [0.4, 0.5) is 0 Å². The predicted octanol–water partition coefficient (Wildman–Crippen LogP) is 11.0. The molecule has 0 atom stereocenters. The first-order chi connectivity index (χ1) is 26.0. The van der Waals surface area contributed by atoms with Gasteiger partial charge in [-0.2, -0.15) is 0 Å². The lowest BCUT2D eigenvalue weighted by molar-refractivity contribution is -0.128. The summed E-state index contributed by atoms with van der Waals surface area (Å²) in [5, 5.41) is 0.455. The first-order valence-electron chi connectivity index (χ1n) is 18.6. The van der Waals surface area contributed by atoms with Crippen molar-refractivity contribution in [1.82, 2.24) is 14.8 Å². The number of nitrogens with zero attached hydrogens (tertiary/aromatic N) is 3. The van der Waals surface area contributed by atoms with Crippen LogP contribution in [-0.4, -0.2) is 46.9 Å². The molecule has 0 radical (unpaired) electrons. The van der Waals surface area contributed by atoms with Crippen LogP contribution >= 0.6 is 24.0 Å². The van der Waals surface area contributed by atoms with Crippen molar-refractivity contribution in [2.45, 2.75) is 67.2 Å². The first kappa shape index (κ1) is 41.3. The molecular formula is C46H51Cl2N3O4. The fourth-order valence-corrected chi connectivity index (χ4v) is 6.69. The molecule has 1 fully saturated rings. The molecule has 6 rings (SSSR count). The number of carbonyl (C=O) groups is 1. The van der Waals surface area contributed by atoms with E-state index >= 15 is 0 Å². The van der Waals surface area contributed by atoms with Crippen LogP contribution in [0.2, 0.25) is 5.02 Å². The molecule has 1 saturated heterocycles. The van der Waals surface area contributed by atoms with Gasteiger partial charge in [-0.3, -0.25) is 9.69 Å². The number of rotatable bonds is 13. The summed E-state index contributed by atoms with van der Waals surface area (Å²) in [4.78, 5) is 22.4. The molecule has 1 aliphatic heterocycles. The average Bonchev–Trinajstić information content (AvgIpc) is 3.18. The van der Waals surface area contributed by atoms with Gasteiger partial charge in [-0.1, -0.05) is 91.7 Å². The number of ether oxygens (including phenoxy) is 3. The van der Waals surface area contributed by atoms with E-state index in [-0.39, 0.29) is 18.3 Å². The second-order valence-electron chi connectivity index (χ2n) is 14.5. The molecule has 7 nitrogen and oxygen atoms in total. The zero-order valence-electron chi connectivity index (χ0n) is 32.6. The molecule has 1 amide bonds. The Labute approximate surface area is 337 Å². The summed E-state index contributed by atoms with van der Waals surface area (Å²) in [6.45, 7) is 17.1. The van der Waals surface area contributed by atoms with E-state index in [9.17, 15) is 4.79 Å². The molecule has 0 aliphatic carbocycles. The SMILES string of the molecule is C/C(C(=O)N1CCN(Cc2ccc(COc3ccc(C(C)C)cc3)cc2)CC1)=C(/C)c1cc(C)c(Oc2ccc(OCc3ccc(C)cc3)cn2)c(Cl)c1.Cl. The number of aromatic nitrogens is 1. The number of benzene rings is 4. The Kier molecular flexibility index (Phi) is 14.4. The maximum Gasteiger partial charge on any atom is 0.249 e. The van der Waals surface area contributed by atoms with Crippen LogP contribution in [0.1, 0.15) is 72.6 Å². The van der Waals surface area contributed by atoms with E-state index in [1.807, 2.05) is 56.0 Å². The van der Waals surface area contributed by atoms with E-state index < -0.39 is 0 Å². The first-order valence-corrected chi connectivity index (χ1v) is 19.0. The van der Waals surface area contributed by atoms with Gasteiger partial charge in [0.05, 0.1) is 11.2 Å². The van der Waals surface area contributed by atoms with Gasteiger partial charge in [0, 0.05) is 44.4 Å². The lowest BCUT2D eigenvalue weighted by atomic mass is 9.99. The zero-order valence-corrected chi connectivity index (χ0v) is 34.2. The van der Waals surface area contributed by atoms with Crippen LogP contribution in [0.5, 0.6) is 23.1 Å². The number of amides is 1. The Bertz CT molecular complexity index is 2030. The second kappa shape index (κ2) is 19.2. The average molecular weight is 781 g/mol. The fraction of sp³-hybridized carbons (Fsp3) is 0.304. The minimum atomic E-state index is 0. The van der Waals surface area contributed by atoms with Crippen LogP contribution < -0.4 is 14.2 Å². The molecule has 55 heavy (non-hydrogen) atoms. The molecule has 0 N–H and O–H groups in total. The summed E-state index contributed by atoms with van der Waals surface area (Å²) in [5.74, 6) is 3.04. The lowest BCUT2D eigenvalue weighted by Gasteiger charge is -2.35. The number of hydrogen-bond acceptors (Lipinski definition) is 6. The number of pyridine rings is 1. The number of piperazine rings is 1. The predicted molar refractivity (Wildman–Crippen MR) is 225 cm³/mol. The third kappa shape index (κ3) is 11.1. The number of halogens is 2. The third-order valence-electron chi connectivity index (χ3n) is 10.0. The highest BCUT2D eigenvalue weighted by molar-refractivity contribution is 6.32. The Morgan fingerprint density at radius 1 is 0.764 bits per heavy atom. The molecule has 9 heteroatoms. The number of hydrogen-bond donors (Lipinski definition) is 0. The van der Waals surface area contributed by atoms with Gasteiger partial charge < -0.3 is 19.1 Å². The molecule has 0 unspecified atom stereocenters. The number of carbonyl (C=O) groups excluding carboxylic acids is 1. The summed E-state index contributed by atoms with van der Waals surface area (Å²) in [6.07, 6.45) is 1.64. The lowest BCUT2D eigenvalue weighted by Crippen LogP contribution is -2.48. The van der Waals surface area contributed by atoms with Crippen LogP contribution in [0.25, 0.3) is 5.57 Å². The molecule has 1 aliphatic rings. The molecule has 288 valence electrons. The van der Waals surface area contributed by atoms with Gasteiger partial charge in [0.25, 0.3) is 0 Å². The maximum absolute atomic E-state index is 13.6. The van der Waals surface area contributed by atoms with Crippen LogP contribution in [0.3, 0.4) is 0 Å². The van der Waals surface area contributed by atoms with Crippen molar-refractivity contribution in [2.75, 3.05) is 26.2 Å². The number of allylic oxidation sites excluding steroid dienone is 1. The molecule has 2 heterocycles. The van der Waals surface area contributed by atoms with E-state index in [2.05, 4.69) is 91.3 Å². The van der Waals surface area contributed by atoms with E-state index in [1.54, 1.807) is 12.3 Å². The summed E-state index contributed by atoms with van der Waals surface area (Å²) in [5.41, 5.74) is 9.35. The van der Waals surface area contributed by atoms with Crippen molar-refractivity contribution in [2.24, 2.45) is 0 Å². The Balaban J connectivity index is 0.00000580. The Hall–Kier alpha value is -4.82. The van der Waals surface area contributed by atoms with Gasteiger partial charge >= 0.3 is 0 Å². The molecule has 0 saturated carbocycles. The normalized spacial score (nSPS) is 13.6. The van der Waals surface area contributed by atoms with Gasteiger partial charge in [-0.05, 0) is 103 Å². The summed E-state index contributed by atoms with van der Waals surface area (Å²) < 4.78 is 18.0. The molecule has 4 aromatic carbocycles. The maximum atomic E-state index is 13.6. The largest absolute Gasteiger partial charge is 0.489 e. The van der Waals surface area contributed by atoms with Gasteiger partial charge in [0.2, 0.25) is 11.8 Å².